The minimum atomic E-state index is -1.52. The third-order valence-corrected chi connectivity index (χ3v) is 14.8. The van der Waals surface area contributed by atoms with Crippen molar-refractivity contribution in [3.63, 3.8) is 0 Å². The second-order valence-electron chi connectivity index (χ2n) is 17.1. The summed E-state index contributed by atoms with van der Waals surface area (Å²) in [5.74, 6) is 0. The lowest BCUT2D eigenvalue weighted by atomic mass is 9.59. The van der Waals surface area contributed by atoms with E-state index in [-0.39, 0.29) is 16.2 Å². The highest BCUT2D eigenvalue weighted by Gasteiger charge is 2.57. The summed E-state index contributed by atoms with van der Waals surface area (Å²) in [5, 5.41) is 3.74. The van der Waals surface area contributed by atoms with E-state index in [2.05, 4.69) is 193 Å². The van der Waals surface area contributed by atoms with Crippen molar-refractivity contribution in [2.75, 3.05) is 4.90 Å². The van der Waals surface area contributed by atoms with Crippen LogP contribution in [0, 0.1) is 5.41 Å². The van der Waals surface area contributed by atoms with Crippen LogP contribution in [0.1, 0.15) is 52.7 Å². The topological polar surface area (TPSA) is 16.4 Å². The van der Waals surface area contributed by atoms with E-state index in [4.69, 9.17) is 4.42 Å². The summed E-state index contributed by atoms with van der Waals surface area (Å²) in [6.45, 7) is 22.0. The van der Waals surface area contributed by atoms with Gasteiger partial charge in [0.1, 0.15) is 5.58 Å². The molecule has 0 fully saturated rings. The first-order valence-corrected chi connectivity index (χ1v) is 21.9. The molecule has 7 aromatic rings. The Morgan fingerprint density at radius 2 is 1.08 bits per heavy atom. The van der Waals surface area contributed by atoms with Crippen molar-refractivity contribution < 1.29 is 4.42 Å². The third kappa shape index (κ3) is 5.12. The van der Waals surface area contributed by atoms with Gasteiger partial charge in [-0.25, -0.2) is 0 Å². The highest BCUT2D eigenvalue weighted by molar-refractivity contribution is 6.88. The van der Waals surface area contributed by atoms with Crippen molar-refractivity contribution in [2.45, 2.75) is 72.0 Å². The van der Waals surface area contributed by atoms with Crippen LogP contribution in [0.3, 0.4) is 0 Å². The Hall–Kier alpha value is -4.86. The number of hydrogen-bond acceptors (Lipinski definition) is 2. The van der Waals surface area contributed by atoms with Gasteiger partial charge in [0.15, 0.2) is 5.58 Å². The van der Waals surface area contributed by atoms with Gasteiger partial charge < -0.3 is 9.32 Å². The summed E-state index contributed by atoms with van der Waals surface area (Å²) in [5.41, 5.74) is 13.2. The zero-order valence-electron chi connectivity index (χ0n) is 31.6. The predicted molar refractivity (Wildman–Crippen MR) is 222 cm³/mol. The molecule has 1 aromatic heterocycles. The molecule has 0 atom stereocenters. The maximum absolute atomic E-state index is 6.56. The lowest BCUT2D eigenvalue weighted by molar-refractivity contribution is 0.125. The van der Waals surface area contributed by atoms with Crippen LogP contribution in [0.4, 0.5) is 17.1 Å². The van der Waals surface area contributed by atoms with Crippen molar-refractivity contribution in [1.29, 1.82) is 0 Å². The number of benzene rings is 6. The summed E-state index contributed by atoms with van der Waals surface area (Å²) < 4.78 is 6.56. The monoisotopic (exact) mass is 683 g/mol. The van der Waals surface area contributed by atoms with Crippen LogP contribution in [-0.2, 0) is 10.8 Å². The molecule has 0 N–H and O–H groups in total. The van der Waals surface area contributed by atoms with Crippen molar-refractivity contribution in [3.8, 4) is 22.3 Å². The summed E-state index contributed by atoms with van der Waals surface area (Å²) >= 11 is 0. The van der Waals surface area contributed by atoms with Crippen LogP contribution >= 0.6 is 0 Å². The zero-order chi connectivity index (χ0) is 35.9. The van der Waals surface area contributed by atoms with Gasteiger partial charge in [-0.2, -0.15) is 0 Å². The van der Waals surface area contributed by atoms with Gasteiger partial charge in [-0.15, -0.1) is 0 Å². The Balaban J connectivity index is 1.32. The first kappa shape index (κ1) is 33.3. The molecular weight excluding hydrogens is 635 g/mol. The Morgan fingerprint density at radius 3 is 1.75 bits per heavy atom. The molecule has 0 saturated heterocycles. The minimum Gasteiger partial charge on any atom is -0.454 e. The third-order valence-electron chi connectivity index (χ3n) is 12.7. The predicted octanol–water partition coefficient (Wildman–Crippen LogP) is 13.5. The van der Waals surface area contributed by atoms with Gasteiger partial charge in [0.05, 0.1) is 13.8 Å². The number of para-hydroxylation sites is 3. The summed E-state index contributed by atoms with van der Waals surface area (Å²) in [7, 11) is -1.52. The Kier molecular flexibility index (Phi) is 7.56. The van der Waals surface area contributed by atoms with Gasteiger partial charge in [-0.1, -0.05) is 151 Å². The molecule has 0 saturated carbocycles. The Morgan fingerprint density at radius 1 is 0.510 bits per heavy atom. The number of nitrogens with zero attached hydrogens (tertiary/aromatic N) is 1. The van der Waals surface area contributed by atoms with E-state index in [9.17, 15) is 0 Å². The number of anilines is 3. The number of rotatable bonds is 6. The summed E-state index contributed by atoms with van der Waals surface area (Å²) in [6.07, 6.45) is 0. The van der Waals surface area contributed by atoms with E-state index in [1.54, 1.807) is 0 Å². The lowest BCUT2D eigenvalue weighted by Gasteiger charge is -2.44. The summed E-state index contributed by atoms with van der Waals surface area (Å²) in [4.78, 5) is 2.32. The van der Waals surface area contributed by atoms with E-state index in [1.807, 2.05) is 6.07 Å². The molecule has 256 valence electrons. The van der Waals surface area contributed by atoms with Gasteiger partial charge in [0.2, 0.25) is 0 Å². The van der Waals surface area contributed by atoms with E-state index in [0.717, 1.165) is 39.0 Å². The summed E-state index contributed by atoms with van der Waals surface area (Å²) in [6, 6.07) is 49.0. The average molecular weight is 684 g/mol. The molecule has 2 nitrogen and oxygen atoms in total. The largest absolute Gasteiger partial charge is 0.454 e. The van der Waals surface area contributed by atoms with Gasteiger partial charge in [0.25, 0.3) is 0 Å². The average Bonchev–Trinajstić information content (AvgIpc) is 3.55. The molecule has 1 aliphatic carbocycles. The minimum absolute atomic E-state index is 0.00853. The van der Waals surface area contributed by atoms with Crippen LogP contribution in [0.5, 0.6) is 0 Å². The molecule has 0 radical (unpaired) electrons. The van der Waals surface area contributed by atoms with Crippen molar-refractivity contribution in [1.82, 2.24) is 0 Å². The van der Waals surface area contributed by atoms with Gasteiger partial charge in [-0.3, -0.25) is 0 Å². The van der Waals surface area contributed by atoms with Gasteiger partial charge in [-0.05, 0) is 98.2 Å². The van der Waals surface area contributed by atoms with Crippen LogP contribution in [-0.4, -0.2) is 8.07 Å². The van der Waals surface area contributed by atoms with Gasteiger partial charge in [0, 0.05) is 22.1 Å². The quantitative estimate of drug-likeness (QED) is 0.162. The lowest BCUT2D eigenvalue weighted by Crippen LogP contribution is -2.42. The molecule has 1 aliphatic rings. The number of hydrogen-bond donors (Lipinski definition) is 0. The van der Waals surface area contributed by atoms with Crippen LogP contribution < -0.4 is 10.1 Å². The fourth-order valence-electron chi connectivity index (χ4n) is 8.42. The molecule has 1 heterocycles. The number of fused-ring (bicyclic) bond motifs is 4. The van der Waals surface area contributed by atoms with Crippen LogP contribution in [0.15, 0.2) is 138 Å². The molecule has 0 unspecified atom stereocenters. The van der Waals surface area contributed by atoms with E-state index < -0.39 is 8.07 Å². The maximum atomic E-state index is 6.56. The highest BCUT2D eigenvalue weighted by Crippen LogP contribution is 2.62. The Bertz CT molecular complexity index is 2420. The maximum Gasteiger partial charge on any atom is 0.159 e. The zero-order valence-corrected chi connectivity index (χ0v) is 32.6. The fraction of sp³-hybridized carbons (Fsp3) is 0.250. The second kappa shape index (κ2) is 11.6. The molecule has 0 bridgehead atoms. The van der Waals surface area contributed by atoms with Crippen molar-refractivity contribution >= 4 is 52.3 Å². The molecule has 0 amide bonds. The first-order valence-electron chi connectivity index (χ1n) is 18.4. The highest BCUT2D eigenvalue weighted by atomic mass is 28.3. The van der Waals surface area contributed by atoms with E-state index >= 15 is 0 Å². The molecule has 51 heavy (non-hydrogen) atoms. The molecular formula is C48H49NOSi. The molecule has 3 heteroatoms. The Labute approximate surface area is 304 Å². The van der Waals surface area contributed by atoms with Crippen LogP contribution in [0.2, 0.25) is 19.6 Å². The number of furan rings is 1. The SMILES string of the molecule is CC1(C)c2cc(-c3ccc(N(c4ccccc4)c4cccc5c4oc4ccccc45)cc3)c(-c3cccc([Si](C)(C)C)c3)cc2C(C)(C)C1(C)C. The molecule has 6 aromatic carbocycles. The normalized spacial score (nSPS) is 16.0. The standard InChI is InChI=1S/C48H49NOSi/c1-46(2)41-30-39(40(31-42(41)47(3,4)48(46,5)6)33-17-15-20-36(29-33)51(7,8)9)32-25-27-35(28-26-32)49(34-18-11-10-12-19-34)43-23-16-22-38-37-21-13-14-24-44(37)50-45(38)43/h10-31H,1-9H3. The fourth-order valence-corrected chi connectivity index (χ4v) is 9.61. The molecule has 0 spiro atoms. The molecule has 0 aliphatic heterocycles. The van der Waals surface area contributed by atoms with E-state index in [0.29, 0.717) is 0 Å². The van der Waals surface area contributed by atoms with E-state index in [1.165, 1.54) is 38.6 Å². The molecule has 8 rings (SSSR count). The van der Waals surface area contributed by atoms with Gasteiger partial charge >= 0.3 is 0 Å². The van der Waals surface area contributed by atoms with Crippen molar-refractivity contribution in [3.05, 3.63) is 145 Å². The van der Waals surface area contributed by atoms with Crippen molar-refractivity contribution in [2.24, 2.45) is 5.41 Å². The van der Waals surface area contributed by atoms with Crippen LogP contribution in [0.25, 0.3) is 44.2 Å². The smallest absolute Gasteiger partial charge is 0.159 e. The first-order chi connectivity index (χ1) is 24.2. The second-order valence-corrected chi connectivity index (χ2v) is 22.2.